The van der Waals surface area contributed by atoms with E-state index in [0.717, 1.165) is 35.7 Å². The smallest absolute Gasteiger partial charge is 0.142 e. The summed E-state index contributed by atoms with van der Waals surface area (Å²) in [4.78, 5) is 0. The molecule has 0 bridgehead atoms. The molecule has 2 aromatic carbocycles. The predicted molar refractivity (Wildman–Crippen MR) is 88.4 cm³/mol. The van der Waals surface area contributed by atoms with Gasteiger partial charge in [-0.05, 0) is 60.7 Å². The Morgan fingerprint density at radius 2 is 2.00 bits per heavy atom. The molecular weight excluding hydrogens is 296 g/mol. The molecule has 22 heavy (non-hydrogen) atoms. The zero-order valence-corrected chi connectivity index (χ0v) is 13.0. The number of fused-ring (bicyclic) bond motifs is 2. The predicted octanol–water partition coefficient (Wildman–Crippen LogP) is 4.54. The number of nitrogens with zero attached hydrogens (tertiary/aromatic N) is 1. The number of halogens is 1. The van der Waals surface area contributed by atoms with E-state index in [4.69, 9.17) is 21.6 Å². The monoisotopic (exact) mass is 312 g/mol. The van der Waals surface area contributed by atoms with E-state index in [1.54, 1.807) is 6.07 Å². The summed E-state index contributed by atoms with van der Waals surface area (Å²) in [5.74, 6) is 0.802. The highest BCUT2D eigenvalue weighted by Crippen LogP contribution is 2.28. The van der Waals surface area contributed by atoms with Gasteiger partial charge in [-0.3, -0.25) is 0 Å². The Kier molecular flexibility index (Phi) is 4.50. The minimum absolute atomic E-state index is 0.626. The highest BCUT2D eigenvalue weighted by atomic mass is 35.5. The summed E-state index contributed by atoms with van der Waals surface area (Å²) < 4.78 is 5.84. The number of nitrogens with one attached hydrogen (secondary N) is 1. The van der Waals surface area contributed by atoms with E-state index in [0.29, 0.717) is 18.7 Å². The van der Waals surface area contributed by atoms with E-state index in [9.17, 15) is 0 Å². The Morgan fingerprint density at radius 3 is 2.86 bits per heavy atom. The summed E-state index contributed by atoms with van der Waals surface area (Å²) in [6, 6.07) is 13.7. The number of ether oxygens (including phenoxy) is 1. The minimum Gasteiger partial charge on any atom is -0.491 e. The average Bonchev–Trinajstić information content (AvgIpc) is 2.57. The van der Waals surface area contributed by atoms with Crippen molar-refractivity contribution < 1.29 is 4.74 Å². The topological polar surface area (TPSA) is 45.0 Å². The Labute approximate surface area is 135 Å². The first-order valence-electron chi connectivity index (χ1n) is 7.44. The number of hydrogen-bond donors (Lipinski definition) is 1. The standard InChI is InChI=1S/C18H17ClN2O/c19-16-6-5-15-12-21-17-9-13(11-20)4-7-18(17)22-8-2-1-3-14(15)10-16/h4-7,9-10,21H,1-3,8,12H2. The molecule has 0 radical (unpaired) electrons. The zero-order chi connectivity index (χ0) is 15.4. The Morgan fingerprint density at radius 1 is 1.09 bits per heavy atom. The fourth-order valence-electron chi connectivity index (χ4n) is 2.65. The van der Waals surface area contributed by atoms with Crippen LogP contribution in [0.4, 0.5) is 5.69 Å². The number of nitriles is 1. The van der Waals surface area contributed by atoms with Crippen molar-refractivity contribution in [1.82, 2.24) is 0 Å². The Bertz CT molecular complexity index is 722. The molecule has 1 aliphatic rings. The summed E-state index contributed by atoms with van der Waals surface area (Å²) in [6.45, 7) is 1.37. The molecule has 112 valence electrons. The SMILES string of the molecule is N#Cc1ccc2c(c1)NCc1ccc(Cl)cc1CCCCO2. The van der Waals surface area contributed by atoms with Crippen LogP contribution in [0.2, 0.25) is 5.02 Å². The fourth-order valence-corrected chi connectivity index (χ4v) is 2.85. The maximum atomic E-state index is 9.07. The van der Waals surface area contributed by atoms with Crippen LogP contribution >= 0.6 is 11.6 Å². The van der Waals surface area contributed by atoms with E-state index in [2.05, 4.69) is 17.5 Å². The second-order valence-electron chi connectivity index (χ2n) is 5.39. The van der Waals surface area contributed by atoms with Crippen molar-refractivity contribution in [3.8, 4) is 11.8 Å². The van der Waals surface area contributed by atoms with E-state index in [1.165, 1.54) is 11.1 Å². The van der Waals surface area contributed by atoms with E-state index in [-0.39, 0.29) is 0 Å². The second kappa shape index (κ2) is 6.72. The van der Waals surface area contributed by atoms with Crippen LogP contribution in [0.25, 0.3) is 0 Å². The van der Waals surface area contributed by atoms with Gasteiger partial charge in [0.05, 0.1) is 23.9 Å². The minimum atomic E-state index is 0.626. The maximum absolute atomic E-state index is 9.07. The van der Waals surface area contributed by atoms with Gasteiger partial charge in [0.2, 0.25) is 0 Å². The lowest BCUT2D eigenvalue weighted by Gasteiger charge is -2.14. The molecule has 0 saturated heterocycles. The van der Waals surface area contributed by atoms with E-state index in [1.807, 2.05) is 24.3 Å². The first-order valence-corrected chi connectivity index (χ1v) is 7.82. The van der Waals surface area contributed by atoms with Crippen LogP contribution in [0.1, 0.15) is 29.5 Å². The molecule has 0 unspecified atom stereocenters. The van der Waals surface area contributed by atoms with Crippen LogP contribution in [-0.2, 0) is 13.0 Å². The summed E-state index contributed by atoms with van der Waals surface area (Å²) in [5.41, 5.74) is 4.00. The summed E-state index contributed by atoms with van der Waals surface area (Å²) >= 11 is 6.12. The van der Waals surface area contributed by atoms with Crippen LogP contribution in [0.5, 0.6) is 5.75 Å². The van der Waals surface area contributed by atoms with Crippen molar-refractivity contribution >= 4 is 17.3 Å². The molecule has 0 fully saturated rings. The van der Waals surface area contributed by atoms with Crippen molar-refractivity contribution in [2.24, 2.45) is 0 Å². The first kappa shape index (κ1) is 14.7. The van der Waals surface area contributed by atoms with Crippen LogP contribution in [0.3, 0.4) is 0 Å². The number of hydrogen-bond acceptors (Lipinski definition) is 3. The average molecular weight is 313 g/mol. The van der Waals surface area contributed by atoms with Gasteiger partial charge in [-0.25, -0.2) is 0 Å². The van der Waals surface area contributed by atoms with E-state index >= 15 is 0 Å². The van der Waals surface area contributed by atoms with Gasteiger partial charge in [0.25, 0.3) is 0 Å². The lowest BCUT2D eigenvalue weighted by molar-refractivity contribution is 0.308. The van der Waals surface area contributed by atoms with Crippen molar-refractivity contribution in [3.63, 3.8) is 0 Å². The van der Waals surface area contributed by atoms with Gasteiger partial charge >= 0.3 is 0 Å². The molecule has 0 amide bonds. The fraction of sp³-hybridized carbons (Fsp3) is 0.278. The van der Waals surface area contributed by atoms with Gasteiger partial charge in [-0.2, -0.15) is 5.26 Å². The molecule has 2 aromatic rings. The van der Waals surface area contributed by atoms with Crippen molar-refractivity contribution in [2.75, 3.05) is 11.9 Å². The normalized spacial score (nSPS) is 14.4. The van der Waals surface area contributed by atoms with Crippen LogP contribution < -0.4 is 10.1 Å². The number of anilines is 1. The maximum Gasteiger partial charge on any atom is 0.142 e. The third kappa shape index (κ3) is 3.35. The van der Waals surface area contributed by atoms with E-state index < -0.39 is 0 Å². The lowest BCUT2D eigenvalue weighted by atomic mass is 10.0. The number of rotatable bonds is 0. The van der Waals surface area contributed by atoms with Gasteiger partial charge < -0.3 is 10.1 Å². The lowest BCUT2D eigenvalue weighted by Crippen LogP contribution is -2.04. The molecule has 0 aromatic heterocycles. The molecule has 1 heterocycles. The quantitative estimate of drug-likeness (QED) is 0.777. The number of aryl methyl sites for hydroxylation is 1. The van der Waals surface area contributed by atoms with Crippen LogP contribution in [0, 0.1) is 11.3 Å². The summed E-state index contributed by atoms with van der Waals surface area (Å²) in [6.07, 6.45) is 3.06. The molecule has 3 rings (SSSR count). The Balaban J connectivity index is 1.93. The highest BCUT2D eigenvalue weighted by molar-refractivity contribution is 6.30. The highest BCUT2D eigenvalue weighted by Gasteiger charge is 2.10. The van der Waals surface area contributed by atoms with Crippen molar-refractivity contribution in [1.29, 1.82) is 5.26 Å². The van der Waals surface area contributed by atoms with Gasteiger partial charge in [0.1, 0.15) is 5.75 Å². The Hall–Kier alpha value is -2.18. The molecule has 0 atom stereocenters. The van der Waals surface area contributed by atoms with Crippen molar-refractivity contribution in [3.05, 3.63) is 58.1 Å². The second-order valence-corrected chi connectivity index (χ2v) is 5.83. The van der Waals surface area contributed by atoms with Gasteiger partial charge in [-0.1, -0.05) is 17.7 Å². The van der Waals surface area contributed by atoms with Gasteiger partial charge in [-0.15, -0.1) is 0 Å². The molecule has 0 spiro atoms. The summed E-state index contributed by atoms with van der Waals surface area (Å²) in [7, 11) is 0. The third-order valence-electron chi connectivity index (χ3n) is 3.84. The molecular formula is C18H17ClN2O. The number of benzene rings is 2. The molecule has 3 nitrogen and oxygen atoms in total. The molecule has 1 aliphatic heterocycles. The largest absolute Gasteiger partial charge is 0.491 e. The summed E-state index contributed by atoms with van der Waals surface area (Å²) in [5, 5.41) is 13.2. The van der Waals surface area contributed by atoms with Gasteiger partial charge in [0, 0.05) is 11.6 Å². The molecule has 0 aliphatic carbocycles. The van der Waals surface area contributed by atoms with Gasteiger partial charge in [0.15, 0.2) is 0 Å². The molecule has 1 N–H and O–H groups in total. The first-order chi connectivity index (χ1) is 10.8. The van der Waals surface area contributed by atoms with Crippen molar-refractivity contribution in [2.45, 2.75) is 25.8 Å². The van der Waals surface area contributed by atoms with Crippen LogP contribution in [-0.4, -0.2) is 6.61 Å². The van der Waals surface area contributed by atoms with Crippen LogP contribution in [0.15, 0.2) is 36.4 Å². The third-order valence-corrected chi connectivity index (χ3v) is 4.08. The molecule has 0 saturated carbocycles. The zero-order valence-electron chi connectivity index (χ0n) is 12.2. The molecule has 4 heteroatoms.